The molecule has 2 aromatic carbocycles. The maximum absolute atomic E-state index is 13.0. The van der Waals surface area contributed by atoms with Crippen LogP contribution in [0.5, 0.6) is 0 Å². The van der Waals surface area contributed by atoms with Gasteiger partial charge in [0.2, 0.25) is 0 Å². The van der Waals surface area contributed by atoms with E-state index in [1.165, 1.54) is 42.5 Å². The molecule has 104 valence electrons. The predicted molar refractivity (Wildman–Crippen MR) is 74.9 cm³/mol. The van der Waals surface area contributed by atoms with Crippen LogP contribution in [0.4, 0.5) is 4.39 Å². The molecule has 6 heteroatoms. The zero-order valence-electron chi connectivity index (χ0n) is 10.2. The van der Waals surface area contributed by atoms with Crippen LogP contribution < -0.4 is 0 Å². The Balaban J connectivity index is 2.15. The van der Waals surface area contributed by atoms with Crippen LogP contribution in [-0.4, -0.2) is 15.3 Å². The molecule has 0 fully saturated rings. The van der Waals surface area contributed by atoms with Crippen molar-refractivity contribution < 1.29 is 18.5 Å². The van der Waals surface area contributed by atoms with Crippen LogP contribution >= 0.6 is 11.6 Å². The predicted octanol–water partition coefficient (Wildman–Crippen LogP) is 3.49. The summed E-state index contributed by atoms with van der Waals surface area (Å²) >= 11 is 5.66. The van der Waals surface area contributed by atoms with Crippen LogP contribution in [0.25, 0.3) is 0 Å². The Kier molecular flexibility index (Phi) is 4.52. The van der Waals surface area contributed by atoms with Crippen molar-refractivity contribution in [3.05, 3.63) is 64.4 Å². The SMILES string of the molecule is O=C(O)c1ccc(S(=O)Cc2ccc(F)c(Cl)c2)cc1. The van der Waals surface area contributed by atoms with E-state index in [-0.39, 0.29) is 16.3 Å². The highest BCUT2D eigenvalue weighted by Crippen LogP contribution is 2.19. The highest BCUT2D eigenvalue weighted by atomic mass is 35.5. The summed E-state index contributed by atoms with van der Waals surface area (Å²) < 4.78 is 25.1. The fourth-order valence-corrected chi connectivity index (χ4v) is 2.91. The topological polar surface area (TPSA) is 54.4 Å². The molecular weight excluding hydrogens is 303 g/mol. The zero-order chi connectivity index (χ0) is 14.7. The lowest BCUT2D eigenvalue weighted by molar-refractivity contribution is 0.0697. The van der Waals surface area contributed by atoms with Gasteiger partial charge in [0.15, 0.2) is 0 Å². The Labute approximate surface area is 122 Å². The standard InChI is InChI=1S/C14H10ClFO3S/c15-12-7-9(1-6-13(12)16)8-20(19)11-4-2-10(3-5-11)14(17)18/h1-7H,8H2,(H,17,18). The van der Waals surface area contributed by atoms with Crippen LogP contribution in [0.1, 0.15) is 15.9 Å². The number of carboxylic acid groups (broad SMARTS) is 1. The molecule has 0 aliphatic heterocycles. The van der Waals surface area contributed by atoms with Crippen LogP contribution in [0, 0.1) is 5.82 Å². The van der Waals surface area contributed by atoms with Crippen LogP contribution in [-0.2, 0) is 16.6 Å². The number of aromatic carboxylic acids is 1. The van der Waals surface area contributed by atoms with Gasteiger partial charge in [0, 0.05) is 4.90 Å². The van der Waals surface area contributed by atoms with Gasteiger partial charge in [0.25, 0.3) is 0 Å². The molecule has 0 aromatic heterocycles. The molecule has 2 rings (SSSR count). The second kappa shape index (κ2) is 6.15. The molecule has 0 radical (unpaired) electrons. The summed E-state index contributed by atoms with van der Waals surface area (Å²) in [5.74, 6) is -1.37. The second-order valence-corrected chi connectivity index (χ2v) is 5.93. The van der Waals surface area contributed by atoms with Crippen LogP contribution in [0.2, 0.25) is 5.02 Å². The van der Waals surface area contributed by atoms with Gasteiger partial charge in [-0.2, -0.15) is 0 Å². The molecule has 0 bridgehead atoms. The number of carbonyl (C=O) groups is 1. The molecule has 0 aliphatic rings. The third-order valence-electron chi connectivity index (χ3n) is 2.65. The minimum atomic E-state index is -1.34. The number of hydrogen-bond donors (Lipinski definition) is 1. The van der Waals surface area contributed by atoms with Crippen molar-refractivity contribution >= 4 is 28.4 Å². The minimum Gasteiger partial charge on any atom is -0.478 e. The first-order valence-corrected chi connectivity index (χ1v) is 7.33. The number of benzene rings is 2. The molecular formula is C14H10ClFO3S. The van der Waals surface area contributed by atoms with E-state index in [2.05, 4.69) is 0 Å². The molecule has 0 saturated heterocycles. The van der Waals surface area contributed by atoms with Gasteiger partial charge in [0.1, 0.15) is 5.82 Å². The van der Waals surface area contributed by atoms with Crippen molar-refractivity contribution in [2.45, 2.75) is 10.6 Å². The monoisotopic (exact) mass is 312 g/mol. The summed E-state index contributed by atoms with van der Waals surface area (Å²) in [7, 11) is -1.34. The van der Waals surface area contributed by atoms with Gasteiger partial charge in [-0.05, 0) is 42.0 Å². The normalized spacial score (nSPS) is 12.1. The fraction of sp³-hybridized carbons (Fsp3) is 0.0714. The molecule has 1 N–H and O–H groups in total. The quantitative estimate of drug-likeness (QED) is 0.940. The van der Waals surface area contributed by atoms with Gasteiger partial charge in [0.05, 0.1) is 27.1 Å². The van der Waals surface area contributed by atoms with E-state index in [0.717, 1.165) is 0 Å². The average Bonchev–Trinajstić information content (AvgIpc) is 2.43. The Morgan fingerprint density at radius 2 is 1.85 bits per heavy atom. The average molecular weight is 313 g/mol. The Morgan fingerprint density at radius 1 is 1.20 bits per heavy atom. The summed E-state index contributed by atoms with van der Waals surface area (Å²) in [5.41, 5.74) is 0.785. The van der Waals surface area contributed by atoms with Gasteiger partial charge < -0.3 is 5.11 Å². The lowest BCUT2D eigenvalue weighted by atomic mass is 10.2. The van der Waals surface area contributed by atoms with Gasteiger partial charge in [-0.15, -0.1) is 0 Å². The van der Waals surface area contributed by atoms with Gasteiger partial charge >= 0.3 is 5.97 Å². The fourth-order valence-electron chi connectivity index (χ4n) is 1.61. The summed E-state index contributed by atoms with van der Waals surface area (Å²) in [6, 6.07) is 9.98. The molecule has 0 spiro atoms. The second-order valence-electron chi connectivity index (χ2n) is 4.07. The molecule has 0 aliphatic carbocycles. The summed E-state index contributed by atoms with van der Waals surface area (Å²) in [4.78, 5) is 11.2. The molecule has 3 nitrogen and oxygen atoms in total. The molecule has 0 amide bonds. The molecule has 20 heavy (non-hydrogen) atoms. The van der Waals surface area contributed by atoms with Crippen molar-refractivity contribution in [3.8, 4) is 0 Å². The van der Waals surface area contributed by atoms with E-state index >= 15 is 0 Å². The van der Waals surface area contributed by atoms with E-state index in [1.54, 1.807) is 0 Å². The number of rotatable bonds is 4. The smallest absolute Gasteiger partial charge is 0.335 e. The van der Waals surface area contributed by atoms with Crippen molar-refractivity contribution in [1.82, 2.24) is 0 Å². The van der Waals surface area contributed by atoms with E-state index < -0.39 is 22.6 Å². The molecule has 1 unspecified atom stereocenters. The van der Waals surface area contributed by atoms with Crippen LogP contribution in [0.15, 0.2) is 47.4 Å². The maximum atomic E-state index is 13.0. The first kappa shape index (κ1) is 14.7. The van der Waals surface area contributed by atoms with Crippen molar-refractivity contribution in [2.75, 3.05) is 0 Å². The molecule has 2 aromatic rings. The lowest BCUT2D eigenvalue weighted by Crippen LogP contribution is -1.99. The van der Waals surface area contributed by atoms with Crippen molar-refractivity contribution in [2.24, 2.45) is 0 Å². The van der Waals surface area contributed by atoms with Gasteiger partial charge in [-0.3, -0.25) is 4.21 Å². The largest absolute Gasteiger partial charge is 0.478 e. The Bertz CT molecular complexity index is 671. The molecule has 0 heterocycles. The number of halogens is 2. The van der Waals surface area contributed by atoms with Gasteiger partial charge in [-0.1, -0.05) is 17.7 Å². The number of hydrogen-bond acceptors (Lipinski definition) is 2. The third kappa shape index (κ3) is 3.43. The van der Waals surface area contributed by atoms with Crippen LogP contribution in [0.3, 0.4) is 0 Å². The van der Waals surface area contributed by atoms with E-state index in [1.807, 2.05) is 0 Å². The first-order valence-electron chi connectivity index (χ1n) is 5.63. The van der Waals surface area contributed by atoms with Crippen molar-refractivity contribution in [3.63, 3.8) is 0 Å². The molecule has 1 atom stereocenters. The Morgan fingerprint density at radius 3 is 2.40 bits per heavy atom. The van der Waals surface area contributed by atoms with E-state index in [9.17, 15) is 13.4 Å². The highest BCUT2D eigenvalue weighted by molar-refractivity contribution is 7.84. The highest BCUT2D eigenvalue weighted by Gasteiger charge is 2.09. The third-order valence-corrected chi connectivity index (χ3v) is 4.33. The van der Waals surface area contributed by atoms with Crippen molar-refractivity contribution in [1.29, 1.82) is 0 Å². The summed E-state index contributed by atoms with van der Waals surface area (Å²) in [5, 5.41) is 8.77. The summed E-state index contributed by atoms with van der Waals surface area (Å²) in [6.45, 7) is 0. The molecule has 0 saturated carbocycles. The lowest BCUT2D eigenvalue weighted by Gasteiger charge is -2.04. The zero-order valence-corrected chi connectivity index (χ0v) is 11.7. The number of carboxylic acids is 1. The minimum absolute atomic E-state index is 0.0132. The van der Waals surface area contributed by atoms with E-state index in [4.69, 9.17) is 16.7 Å². The Hall–Kier alpha value is -1.72. The van der Waals surface area contributed by atoms with E-state index in [0.29, 0.717) is 10.5 Å². The summed E-state index contributed by atoms with van der Waals surface area (Å²) in [6.07, 6.45) is 0. The first-order chi connectivity index (χ1) is 9.47. The maximum Gasteiger partial charge on any atom is 0.335 e. The van der Waals surface area contributed by atoms with Gasteiger partial charge in [-0.25, -0.2) is 9.18 Å².